The number of rotatable bonds is 2. The SMILES string of the molecule is CN(C(=O)[C@@H]1Cc2ccccc2C(=O)O1)C1(C#N)CCC1. The molecule has 3 rings (SSSR count). The number of esters is 1. The number of hydrogen-bond donors (Lipinski definition) is 0. The Kier molecular flexibility index (Phi) is 3.17. The number of ether oxygens (including phenoxy) is 1. The van der Waals surface area contributed by atoms with Gasteiger partial charge in [0.1, 0.15) is 5.54 Å². The lowest BCUT2D eigenvalue weighted by atomic mass is 9.76. The molecule has 0 unspecified atom stereocenters. The lowest BCUT2D eigenvalue weighted by molar-refractivity contribution is -0.146. The maximum Gasteiger partial charge on any atom is 0.339 e. The summed E-state index contributed by atoms with van der Waals surface area (Å²) in [5.41, 5.74) is 0.614. The number of amides is 1. The molecule has 5 nitrogen and oxygen atoms in total. The fourth-order valence-electron chi connectivity index (χ4n) is 2.93. The van der Waals surface area contributed by atoms with Crippen LogP contribution in [0.4, 0.5) is 0 Å². The van der Waals surface area contributed by atoms with Crippen LogP contribution in [0.5, 0.6) is 0 Å². The molecule has 1 aliphatic carbocycles. The standard InChI is InChI=1S/C16H16N2O3/c1-18(16(10-17)7-4-8-16)14(19)13-9-11-5-2-3-6-12(11)15(20)21-13/h2-3,5-6,13H,4,7-9H2,1H3/t13-/m0/s1. The van der Waals surface area contributed by atoms with Crippen LogP contribution in [0.3, 0.4) is 0 Å². The number of nitriles is 1. The Morgan fingerprint density at radius 3 is 2.76 bits per heavy atom. The Balaban J connectivity index is 1.81. The molecule has 1 heterocycles. The lowest BCUT2D eigenvalue weighted by Gasteiger charge is -2.44. The first-order valence-corrected chi connectivity index (χ1v) is 7.05. The van der Waals surface area contributed by atoms with E-state index in [9.17, 15) is 14.9 Å². The second kappa shape index (κ2) is 4.88. The zero-order valence-electron chi connectivity index (χ0n) is 11.8. The van der Waals surface area contributed by atoms with E-state index in [4.69, 9.17) is 4.74 Å². The minimum atomic E-state index is -0.830. The van der Waals surface area contributed by atoms with Crippen molar-refractivity contribution in [1.29, 1.82) is 5.26 Å². The summed E-state index contributed by atoms with van der Waals surface area (Å²) in [6, 6.07) is 9.37. The molecule has 1 aromatic carbocycles. The maximum absolute atomic E-state index is 12.5. The Labute approximate surface area is 123 Å². The van der Waals surface area contributed by atoms with Crippen LogP contribution >= 0.6 is 0 Å². The first-order valence-electron chi connectivity index (χ1n) is 7.05. The van der Waals surface area contributed by atoms with Gasteiger partial charge in [-0.1, -0.05) is 18.2 Å². The fraction of sp³-hybridized carbons (Fsp3) is 0.438. The van der Waals surface area contributed by atoms with Crippen molar-refractivity contribution < 1.29 is 14.3 Å². The predicted molar refractivity (Wildman–Crippen MR) is 74.3 cm³/mol. The zero-order valence-corrected chi connectivity index (χ0v) is 11.8. The summed E-state index contributed by atoms with van der Waals surface area (Å²) in [5, 5.41) is 9.31. The van der Waals surface area contributed by atoms with Crippen LogP contribution < -0.4 is 0 Å². The molecule has 108 valence electrons. The molecule has 0 bridgehead atoms. The highest BCUT2D eigenvalue weighted by molar-refractivity contribution is 5.96. The van der Waals surface area contributed by atoms with Crippen LogP contribution in [0.25, 0.3) is 0 Å². The highest BCUT2D eigenvalue weighted by atomic mass is 16.5. The number of likely N-dealkylation sites (N-methyl/N-ethyl adjacent to an activating group) is 1. The summed E-state index contributed by atoms with van der Waals surface area (Å²) in [6.07, 6.45) is 1.85. The van der Waals surface area contributed by atoms with E-state index in [-0.39, 0.29) is 5.91 Å². The number of nitrogens with zero attached hydrogens (tertiary/aromatic N) is 2. The van der Waals surface area contributed by atoms with Crippen molar-refractivity contribution in [3.63, 3.8) is 0 Å². The molecule has 0 N–H and O–H groups in total. The molecule has 0 saturated heterocycles. The minimum Gasteiger partial charge on any atom is -0.448 e. The smallest absolute Gasteiger partial charge is 0.339 e. The van der Waals surface area contributed by atoms with E-state index in [1.165, 1.54) is 4.90 Å². The molecule has 1 saturated carbocycles. The van der Waals surface area contributed by atoms with E-state index < -0.39 is 17.6 Å². The number of carbonyl (C=O) groups is 2. The third-order valence-electron chi connectivity index (χ3n) is 4.53. The van der Waals surface area contributed by atoms with Crippen molar-refractivity contribution in [3.05, 3.63) is 35.4 Å². The van der Waals surface area contributed by atoms with Gasteiger partial charge in [0, 0.05) is 13.5 Å². The lowest BCUT2D eigenvalue weighted by Crippen LogP contribution is -2.57. The average molecular weight is 284 g/mol. The second-order valence-electron chi connectivity index (χ2n) is 5.65. The highest BCUT2D eigenvalue weighted by Gasteiger charge is 2.46. The number of carbonyl (C=O) groups excluding carboxylic acids is 2. The van der Waals surface area contributed by atoms with Crippen LogP contribution in [0.1, 0.15) is 35.2 Å². The molecular weight excluding hydrogens is 268 g/mol. The van der Waals surface area contributed by atoms with Crippen molar-refractivity contribution in [2.45, 2.75) is 37.3 Å². The number of benzene rings is 1. The monoisotopic (exact) mass is 284 g/mol. The highest BCUT2D eigenvalue weighted by Crippen LogP contribution is 2.37. The van der Waals surface area contributed by atoms with Crippen molar-refractivity contribution in [1.82, 2.24) is 4.90 Å². The molecule has 1 amide bonds. The molecule has 2 aliphatic rings. The topological polar surface area (TPSA) is 70.4 Å². The summed E-state index contributed by atoms with van der Waals surface area (Å²) in [4.78, 5) is 26.0. The Hall–Kier alpha value is -2.35. The van der Waals surface area contributed by atoms with Crippen molar-refractivity contribution in [3.8, 4) is 6.07 Å². The van der Waals surface area contributed by atoms with Crippen LogP contribution in [-0.2, 0) is 16.0 Å². The summed E-state index contributed by atoms with van der Waals surface area (Å²) >= 11 is 0. The summed E-state index contributed by atoms with van der Waals surface area (Å²) in [6.45, 7) is 0. The van der Waals surface area contributed by atoms with E-state index in [0.717, 1.165) is 12.0 Å². The average Bonchev–Trinajstić information content (AvgIpc) is 2.45. The van der Waals surface area contributed by atoms with Crippen LogP contribution in [0.2, 0.25) is 0 Å². The van der Waals surface area contributed by atoms with Gasteiger partial charge in [-0.2, -0.15) is 5.26 Å². The van der Waals surface area contributed by atoms with Gasteiger partial charge in [0.05, 0.1) is 11.6 Å². The van der Waals surface area contributed by atoms with Gasteiger partial charge in [0.25, 0.3) is 5.91 Å². The molecule has 1 aromatic rings. The normalized spacial score (nSPS) is 22.3. The minimum absolute atomic E-state index is 0.292. The Bertz CT molecular complexity index is 643. The predicted octanol–water partition coefficient (Wildman–Crippen LogP) is 1.67. The zero-order chi connectivity index (χ0) is 15.0. The maximum atomic E-state index is 12.5. The Morgan fingerprint density at radius 2 is 2.14 bits per heavy atom. The second-order valence-corrected chi connectivity index (χ2v) is 5.65. The van der Waals surface area contributed by atoms with Crippen LogP contribution in [0.15, 0.2) is 24.3 Å². The van der Waals surface area contributed by atoms with Gasteiger partial charge in [-0.3, -0.25) is 4.79 Å². The van der Waals surface area contributed by atoms with E-state index in [0.29, 0.717) is 24.8 Å². The molecule has 0 radical (unpaired) electrons. The van der Waals surface area contributed by atoms with E-state index >= 15 is 0 Å². The van der Waals surface area contributed by atoms with Gasteiger partial charge in [-0.25, -0.2) is 4.79 Å². The largest absolute Gasteiger partial charge is 0.448 e. The van der Waals surface area contributed by atoms with Crippen LogP contribution in [-0.4, -0.2) is 35.5 Å². The van der Waals surface area contributed by atoms with Gasteiger partial charge in [-0.15, -0.1) is 0 Å². The number of cyclic esters (lactones) is 1. The Morgan fingerprint density at radius 1 is 1.43 bits per heavy atom. The molecule has 1 aliphatic heterocycles. The molecule has 1 fully saturated rings. The quantitative estimate of drug-likeness (QED) is 0.775. The van der Waals surface area contributed by atoms with Gasteiger partial charge in [0.15, 0.2) is 6.10 Å². The molecular formula is C16H16N2O3. The molecule has 5 heteroatoms. The summed E-state index contributed by atoms with van der Waals surface area (Å²) in [5.74, 6) is -0.762. The van der Waals surface area contributed by atoms with Crippen molar-refractivity contribution in [2.75, 3.05) is 7.05 Å². The molecule has 21 heavy (non-hydrogen) atoms. The molecule has 0 spiro atoms. The molecule has 1 atom stereocenters. The van der Waals surface area contributed by atoms with Gasteiger partial charge in [0.2, 0.25) is 0 Å². The van der Waals surface area contributed by atoms with Gasteiger partial charge in [-0.05, 0) is 30.9 Å². The summed E-state index contributed by atoms with van der Waals surface area (Å²) < 4.78 is 5.26. The fourth-order valence-corrected chi connectivity index (χ4v) is 2.93. The third kappa shape index (κ3) is 2.07. The van der Waals surface area contributed by atoms with Crippen molar-refractivity contribution >= 4 is 11.9 Å². The first kappa shape index (κ1) is 13.6. The first-order chi connectivity index (χ1) is 10.1. The number of hydrogen-bond acceptors (Lipinski definition) is 4. The molecule has 0 aromatic heterocycles. The van der Waals surface area contributed by atoms with Gasteiger partial charge < -0.3 is 9.64 Å². The van der Waals surface area contributed by atoms with E-state index in [2.05, 4.69) is 6.07 Å². The van der Waals surface area contributed by atoms with E-state index in [1.807, 2.05) is 12.1 Å². The van der Waals surface area contributed by atoms with E-state index in [1.54, 1.807) is 19.2 Å². The third-order valence-corrected chi connectivity index (χ3v) is 4.53. The number of fused-ring (bicyclic) bond motifs is 1. The van der Waals surface area contributed by atoms with Crippen molar-refractivity contribution in [2.24, 2.45) is 0 Å². The van der Waals surface area contributed by atoms with Crippen LogP contribution in [0, 0.1) is 11.3 Å². The summed E-state index contributed by atoms with van der Waals surface area (Å²) in [7, 11) is 1.62. The van der Waals surface area contributed by atoms with Gasteiger partial charge >= 0.3 is 5.97 Å².